The second-order valence-corrected chi connectivity index (χ2v) is 11.2. The molecule has 4 aromatic rings. The number of allylic oxidation sites excluding steroid dienone is 1. The van der Waals surface area contributed by atoms with Crippen molar-refractivity contribution in [2.75, 3.05) is 13.1 Å². The highest BCUT2D eigenvalue weighted by atomic mass is 35.5. The summed E-state index contributed by atoms with van der Waals surface area (Å²) in [6.45, 7) is 7.07. The molecule has 2 heterocycles. The number of amides is 1. The number of nitriles is 1. The Morgan fingerprint density at radius 1 is 1.10 bits per heavy atom. The molecule has 7 nitrogen and oxygen atoms in total. The van der Waals surface area contributed by atoms with Crippen LogP contribution in [0.2, 0.25) is 5.02 Å². The van der Waals surface area contributed by atoms with Gasteiger partial charge in [0, 0.05) is 23.7 Å². The van der Waals surface area contributed by atoms with E-state index in [-0.39, 0.29) is 18.1 Å². The van der Waals surface area contributed by atoms with Gasteiger partial charge in [-0.25, -0.2) is 4.99 Å². The summed E-state index contributed by atoms with van der Waals surface area (Å²) in [6, 6.07) is 23.5. The molecule has 42 heavy (non-hydrogen) atoms. The van der Waals surface area contributed by atoms with Crippen LogP contribution < -0.4 is 19.6 Å². The second kappa shape index (κ2) is 12.6. The number of carbonyl (C=O) groups excluding carboxylic acids is 1. The predicted molar refractivity (Wildman–Crippen MR) is 165 cm³/mol. The molecule has 1 aliphatic heterocycles. The number of carbonyl (C=O) groups is 1. The number of benzene rings is 3. The summed E-state index contributed by atoms with van der Waals surface area (Å²) in [4.78, 5) is 34.6. The molecule has 0 aliphatic carbocycles. The maximum Gasteiger partial charge on any atom is 0.271 e. The average molecular weight is 597 g/mol. The van der Waals surface area contributed by atoms with Crippen LogP contribution in [0.5, 0.6) is 5.75 Å². The van der Waals surface area contributed by atoms with E-state index in [1.807, 2.05) is 81.4 Å². The lowest BCUT2D eigenvalue weighted by Crippen LogP contribution is -2.43. The first-order valence-electron chi connectivity index (χ1n) is 13.6. The topological polar surface area (TPSA) is 87.7 Å². The minimum atomic E-state index is -0.624. The molecule has 0 unspecified atom stereocenters. The Labute approximate surface area is 252 Å². The normalized spacial score (nSPS) is 14.6. The van der Waals surface area contributed by atoms with Gasteiger partial charge < -0.3 is 9.64 Å². The van der Waals surface area contributed by atoms with Crippen molar-refractivity contribution in [1.29, 1.82) is 5.26 Å². The van der Waals surface area contributed by atoms with Gasteiger partial charge in [0.25, 0.3) is 11.5 Å². The third kappa shape index (κ3) is 5.80. The molecule has 1 aliphatic rings. The number of thiazole rings is 1. The molecule has 0 fully saturated rings. The van der Waals surface area contributed by atoms with Crippen LogP contribution in [0, 0.1) is 11.3 Å². The highest BCUT2D eigenvalue weighted by Gasteiger charge is 2.34. The van der Waals surface area contributed by atoms with Crippen LogP contribution in [0.15, 0.2) is 93.9 Å². The Hall–Kier alpha value is -4.45. The average Bonchev–Trinajstić information content (AvgIpc) is 3.31. The molecule has 212 valence electrons. The lowest BCUT2D eigenvalue weighted by molar-refractivity contribution is -0.127. The van der Waals surface area contributed by atoms with Gasteiger partial charge in [-0.05, 0) is 68.3 Å². The number of fused-ring (bicyclic) bond motifs is 1. The number of likely N-dealkylation sites (N-methyl/N-ethyl adjacent to an activating group) is 1. The minimum absolute atomic E-state index is 0.136. The first-order valence-corrected chi connectivity index (χ1v) is 14.8. The molecule has 0 radical (unpaired) electrons. The van der Waals surface area contributed by atoms with Crippen molar-refractivity contribution in [2.45, 2.75) is 33.4 Å². The fraction of sp³-hybridized carbons (Fsp3) is 0.212. The third-order valence-electron chi connectivity index (χ3n) is 7.20. The molecule has 3 aromatic carbocycles. The van der Waals surface area contributed by atoms with Crippen molar-refractivity contribution in [1.82, 2.24) is 9.47 Å². The summed E-state index contributed by atoms with van der Waals surface area (Å²) in [5.41, 5.74) is 3.87. The van der Waals surface area contributed by atoms with Crippen LogP contribution in [0.25, 0.3) is 6.08 Å². The molecule has 9 heteroatoms. The van der Waals surface area contributed by atoms with Gasteiger partial charge in [-0.2, -0.15) is 5.26 Å². The Balaban J connectivity index is 1.50. The standard InChI is InChI=1S/C33H29ClN4O3S/c1-4-37(5-2)32(40)29-21(3)36-33-38(30(29)23-12-14-26(34)15-13-23)31(39)28(42-33)18-22-10-16-27(17-11-22)41-20-25-9-7-6-8-24(25)19-35/h6-18,30H,4-5,20H2,1-3H3/b28-18+/t30-/m0/s1. The van der Waals surface area contributed by atoms with Gasteiger partial charge in [0.05, 0.1) is 33.5 Å². The molecule has 5 rings (SSSR count). The number of rotatable bonds is 8. The van der Waals surface area contributed by atoms with Gasteiger partial charge in [-0.3, -0.25) is 14.2 Å². The summed E-state index contributed by atoms with van der Waals surface area (Å²) in [7, 11) is 0. The third-order valence-corrected chi connectivity index (χ3v) is 8.43. The Morgan fingerprint density at radius 3 is 2.45 bits per heavy atom. The summed E-state index contributed by atoms with van der Waals surface area (Å²) < 4.78 is 8.02. The number of halogens is 1. The number of aromatic nitrogens is 1. The van der Waals surface area contributed by atoms with E-state index in [9.17, 15) is 14.9 Å². The van der Waals surface area contributed by atoms with Crippen LogP contribution in [-0.4, -0.2) is 28.5 Å². The van der Waals surface area contributed by atoms with E-state index < -0.39 is 6.04 Å². The molecule has 0 saturated heterocycles. The molecule has 0 saturated carbocycles. The van der Waals surface area contributed by atoms with Crippen molar-refractivity contribution in [3.05, 3.63) is 131 Å². The molecule has 0 N–H and O–H groups in total. The minimum Gasteiger partial charge on any atom is -0.489 e. The maximum absolute atomic E-state index is 13.9. The van der Waals surface area contributed by atoms with Crippen molar-refractivity contribution in [2.24, 2.45) is 4.99 Å². The van der Waals surface area contributed by atoms with E-state index in [0.717, 1.165) is 16.7 Å². The van der Waals surface area contributed by atoms with Crippen LogP contribution in [0.3, 0.4) is 0 Å². The molecular formula is C33H29ClN4O3S. The van der Waals surface area contributed by atoms with Gasteiger partial charge in [0.2, 0.25) is 0 Å². The first kappa shape index (κ1) is 29.1. The SMILES string of the molecule is CCN(CC)C(=O)C1=C(C)N=c2s/c(=C/c3ccc(OCc4ccccc4C#N)cc3)c(=O)n2[C@H]1c1ccc(Cl)cc1. The predicted octanol–water partition coefficient (Wildman–Crippen LogP) is 5.21. The molecule has 1 aromatic heterocycles. The Morgan fingerprint density at radius 2 is 1.79 bits per heavy atom. The first-order chi connectivity index (χ1) is 20.3. The summed E-state index contributed by atoms with van der Waals surface area (Å²) >= 11 is 7.47. The van der Waals surface area contributed by atoms with Crippen molar-refractivity contribution in [3.8, 4) is 11.8 Å². The molecule has 1 amide bonds. The number of nitrogens with zero attached hydrogens (tertiary/aromatic N) is 4. The highest BCUT2D eigenvalue weighted by molar-refractivity contribution is 7.07. The van der Waals surface area contributed by atoms with E-state index in [1.165, 1.54) is 11.3 Å². The summed E-state index contributed by atoms with van der Waals surface area (Å²) in [6.07, 6.45) is 1.82. The van der Waals surface area contributed by atoms with E-state index in [1.54, 1.807) is 27.7 Å². The van der Waals surface area contributed by atoms with Gasteiger partial charge in [0.1, 0.15) is 12.4 Å². The Kier molecular flexibility index (Phi) is 8.72. The van der Waals surface area contributed by atoms with Gasteiger partial charge in [-0.1, -0.05) is 65.4 Å². The monoisotopic (exact) mass is 596 g/mol. The lowest BCUT2D eigenvalue weighted by Gasteiger charge is -2.29. The number of hydrogen-bond acceptors (Lipinski definition) is 6. The van der Waals surface area contributed by atoms with E-state index in [2.05, 4.69) is 6.07 Å². The molecule has 1 atom stereocenters. The van der Waals surface area contributed by atoms with Crippen molar-refractivity contribution in [3.63, 3.8) is 0 Å². The quantitative estimate of drug-likeness (QED) is 0.279. The largest absolute Gasteiger partial charge is 0.489 e. The van der Waals surface area contributed by atoms with Crippen LogP contribution in [0.1, 0.15) is 49.1 Å². The maximum atomic E-state index is 13.9. The fourth-order valence-electron chi connectivity index (χ4n) is 4.96. The summed E-state index contributed by atoms with van der Waals surface area (Å²) in [5, 5.41) is 9.88. The highest BCUT2D eigenvalue weighted by Crippen LogP contribution is 2.31. The fourth-order valence-corrected chi connectivity index (χ4v) is 6.14. The van der Waals surface area contributed by atoms with E-state index in [0.29, 0.717) is 50.0 Å². The zero-order valence-corrected chi connectivity index (χ0v) is 25.1. The molecule has 0 bridgehead atoms. The van der Waals surface area contributed by atoms with Crippen LogP contribution >= 0.6 is 22.9 Å². The van der Waals surface area contributed by atoms with Crippen LogP contribution in [0.4, 0.5) is 0 Å². The Bertz CT molecular complexity index is 1880. The lowest BCUT2D eigenvalue weighted by atomic mass is 9.94. The number of ether oxygens (including phenoxy) is 1. The van der Waals surface area contributed by atoms with E-state index >= 15 is 0 Å². The number of hydrogen-bond donors (Lipinski definition) is 0. The summed E-state index contributed by atoms with van der Waals surface area (Å²) in [5.74, 6) is 0.516. The van der Waals surface area contributed by atoms with Crippen molar-refractivity contribution >= 4 is 34.9 Å². The van der Waals surface area contributed by atoms with E-state index in [4.69, 9.17) is 21.3 Å². The zero-order valence-electron chi connectivity index (χ0n) is 23.5. The smallest absolute Gasteiger partial charge is 0.271 e. The second-order valence-electron chi connectivity index (χ2n) is 9.74. The molecular weight excluding hydrogens is 568 g/mol. The van der Waals surface area contributed by atoms with Gasteiger partial charge in [-0.15, -0.1) is 0 Å². The zero-order chi connectivity index (χ0) is 29.8. The van der Waals surface area contributed by atoms with Crippen LogP contribution in [-0.2, 0) is 11.4 Å². The van der Waals surface area contributed by atoms with Crippen molar-refractivity contribution < 1.29 is 9.53 Å². The van der Waals surface area contributed by atoms with Gasteiger partial charge >= 0.3 is 0 Å². The van der Waals surface area contributed by atoms with Gasteiger partial charge in [0.15, 0.2) is 4.80 Å². The molecule has 0 spiro atoms.